The normalized spacial score (nSPS) is 17.6. The van der Waals surface area contributed by atoms with Crippen LogP contribution in [0.2, 0.25) is 0 Å². The lowest BCUT2D eigenvalue weighted by atomic mass is 10.0. The Hall–Kier alpha value is -1.31. The Morgan fingerprint density at radius 2 is 1.94 bits per heavy atom. The highest BCUT2D eigenvalue weighted by Crippen LogP contribution is 2.24. The number of benzene rings is 1. The molecule has 1 atom stereocenters. The van der Waals surface area contributed by atoms with Gasteiger partial charge in [-0.3, -0.25) is 4.79 Å². The fourth-order valence-electron chi connectivity index (χ4n) is 2.65. The van der Waals surface area contributed by atoms with Crippen LogP contribution >= 0.6 is 0 Å². The van der Waals surface area contributed by atoms with Crippen LogP contribution in [0, 0.1) is 5.92 Å². The van der Waals surface area contributed by atoms with Gasteiger partial charge in [0, 0.05) is 12.0 Å². The van der Waals surface area contributed by atoms with Gasteiger partial charge in [0.05, 0.1) is 0 Å². The molecule has 1 aliphatic rings. The van der Waals surface area contributed by atoms with E-state index in [1.807, 2.05) is 6.07 Å². The van der Waals surface area contributed by atoms with Crippen molar-refractivity contribution in [1.82, 2.24) is 5.32 Å². The zero-order valence-corrected chi connectivity index (χ0v) is 11.2. The minimum atomic E-state index is 0.271. The van der Waals surface area contributed by atoms with Gasteiger partial charge in [0.2, 0.25) is 5.91 Å². The molecule has 1 saturated carbocycles. The predicted octanol–water partition coefficient (Wildman–Crippen LogP) is 3.31. The van der Waals surface area contributed by atoms with E-state index in [2.05, 4.69) is 36.5 Å². The minimum absolute atomic E-state index is 0.271. The molecule has 1 amide bonds. The summed E-state index contributed by atoms with van der Waals surface area (Å²) in [4.78, 5) is 12.0. The second-order valence-corrected chi connectivity index (χ2v) is 5.42. The second-order valence-electron chi connectivity index (χ2n) is 5.42. The maximum atomic E-state index is 12.0. The molecular weight excluding hydrogens is 222 g/mol. The van der Waals surface area contributed by atoms with Gasteiger partial charge in [0.15, 0.2) is 0 Å². The first-order chi connectivity index (χ1) is 8.75. The van der Waals surface area contributed by atoms with Crippen molar-refractivity contribution in [2.24, 2.45) is 5.92 Å². The summed E-state index contributed by atoms with van der Waals surface area (Å²) in [5, 5.41) is 3.15. The van der Waals surface area contributed by atoms with Crippen molar-refractivity contribution in [3.05, 3.63) is 35.9 Å². The van der Waals surface area contributed by atoms with Gasteiger partial charge in [-0.25, -0.2) is 0 Å². The number of aryl methyl sites for hydroxylation is 1. The van der Waals surface area contributed by atoms with E-state index in [0.717, 1.165) is 25.7 Å². The Morgan fingerprint density at radius 3 is 2.61 bits per heavy atom. The maximum Gasteiger partial charge on any atom is 0.223 e. The number of hydrogen-bond acceptors (Lipinski definition) is 1. The van der Waals surface area contributed by atoms with Crippen LogP contribution in [0.1, 0.15) is 44.6 Å². The van der Waals surface area contributed by atoms with Crippen LogP contribution in [0.25, 0.3) is 0 Å². The minimum Gasteiger partial charge on any atom is -0.353 e. The summed E-state index contributed by atoms with van der Waals surface area (Å²) in [5.41, 5.74) is 1.35. The van der Waals surface area contributed by atoms with Gasteiger partial charge >= 0.3 is 0 Å². The molecular formula is C16H23NO. The van der Waals surface area contributed by atoms with Crippen LogP contribution in [0.4, 0.5) is 0 Å². The summed E-state index contributed by atoms with van der Waals surface area (Å²) < 4.78 is 0. The largest absolute Gasteiger partial charge is 0.353 e. The molecule has 1 aromatic rings. The Bertz CT molecular complexity index is 368. The second kappa shape index (κ2) is 6.58. The lowest BCUT2D eigenvalue weighted by Gasteiger charge is -2.17. The maximum absolute atomic E-state index is 12.0. The third kappa shape index (κ3) is 3.86. The van der Waals surface area contributed by atoms with E-state index in [4.69, 9.17) is 0 Å². The summed E-state index contributed by atoms with van der Waals surface area (Å²) in [6.45, 7) is 2.11. The van der Waals surface area contributed by atoms with Crippen LogP contribution in [0.5, 0.6) is 0 Å². The zero-order valence-electron chi connectivity index (χ0n) is 11.2. The molecule has 1 aliphatic carbocycles. The number of nitrogens with one attached hydrogen (secondary N) is 1. The summed E-state index contributed by atoms with van der Waals surface area (Å²) in [6.07, 6.45) is 6.65. The fourth-order valence-corrected chi connectivity index (χ4v) is 2.65. The number of carbonyl (C=O) groups excluding carboxylic acids is 1. The SMILES string of the molecule is CC(CCc1ccccc1)NC(=O)C1CCCC1. The molecule has 0 bridgehead atoms. The molecule has 0 spiro atoms. The molecule has 0 aromatic heterocycles. The molecule has 0 radical (unpaired) electrons. The topological polar surface area (TPSA) is 29.1 Å². The standard InChI is InChI=1S/C16H23NO/c1-13(11-12-14-7-3-2-4-8-14)17-16(18)15-9-5-6-10-15/h2-4,7-8,13,15H,5-6,9-12H2,1H3,(H,17,18). The first-order valence-corrected chi connectivity index (χ1v) is 7.10. The van der Waals surface area contributed by atoms with E-state index in [0.29, 0.717) is 0 Å². The van der Waals surface area contributed by atoms with E-state index < -0.39 is 0 Å². The molecule has 1 N–H and O–H groups in total. The van der Waals surface area contributed by atoms with Crippen LogP contribution in [-0.4, -0.2) is 11.9 Å². The van der Waals surface area contributed by atoms with Gasteiger partial charge in [0.25, 0.3) is 0 Å². The van der Waals surface area contributed by atoms with E-state index in [9.17, 15) is 4.79 Å². The molecule has 1 unspecified atom stereocenters. The van der Waals surface area contributed by atoms with Crippen molar-refractivity contribution >= 4 is 5.91 Å². The van der Waals surface area contributed by atoms with E-state index in [1.54, 1.807) is 0 Å². The van der Waals surface area contributed by atoms with Gasteiger partial charge in [-0.1, -0.05) is 43.2 Å². The first kappa shape index (κ1) is 13.1. The highest BCUT2D eigenvalue weighted by Gasteiger charge is 2.23. The van der Waals surface area contributed by atoms with E-state index >= 15 is 0 Å². The van der Waals surface area contributed by atoms with E-state index in [1.165, 1.54) is 18.4 Å². The van der Waals surface area contributed by atoms with E-state index in [-0.39, 0.29) is 17.9 Å². The number of hydrogen-bond donors (Lipinski definition) is 1. The summed E-state index contributed by atoms with van der Waals surface area (Å²) in [7, 11) is 0. The van der Waals surface area contributed by atoms with Crippen molar-refractivity contribution in [3.8, 4) is 0 Å². The summed E-state index contributed by atoms with van der Waals surface area (Å²) in [5.74, 6) is 0.553. The van der Waals surface area contributed by atoms with Crippen LogP contribution in [-0.2, 0) is 11.2 Å². The van der Waals surface area contributed by atoms with Crippen LogP contribution < -0.4 is 5.32 Å². The smallest absolute Gasteiger partial charge is 0.223 e. The summed E-state index contributed by atoms with van der Waals surface area (Å²) >= 11 is 0. The van der Waals surface area contributed by atoms with Crippen molar-refractivity contribution in [1.29, 1.82) is 0 Å². The van der Waals surface area contributed by atoms with Crippen LogP contribution in [0.15, 0.2) is 30.3 Å². The average Bonchev–Trinajstić information content (AvgIpc) is 2.91. The molecule has 1 aromatic carbocycles. The molecule has 2 nitrogen and oxygen atoms in total. The predicted molar refractivity (Wildman–Crippen MR) is 74.3 cm³/mol. The van der Waals surface area contributed by atoms with Crippen molar-refractivity contribution in [2.75, 3.05) is 0 Å². The highest BCUT2D eigenvalue weighted by atomic mass is 16.1. The van der Waals surface area contributed by atoms with Gasteiger partial charge in [-0.2, -0.15) is 0 Å². The Labute approximate surface area is 110 Å². The lowest BCUT2D eigenvalue weighted by Crippen LogP contribution is -2.36. The monoisotopic (exact) mass is 245 g/mol. The molecule has 0 saturated heterocycles. The zero-order chi connectivity index (χ0) is 12.8. The fraction of sp³-hybridized carbons (Fsp3) is 0.562. The van der Waals surface area contributed by atoms with Crippen LogP contribution in [0.3, 0.4) is 0 Å². The average molecular weight is 245 g/mol. The Kier molecular flexibility index (Phi) is 4.80. The lowest BCUT2D eigenvalue weighted by molar-refractivity contribution is -0.125. The van der Waals surface area contributed by atoms with Gasteiger partial charge < -0.3 is 5.32 Å². The molecule has 98 valence electrons. The van der Waals surface area contributed by atoms with Crippen molar-refractivity contribution in [2.45, 2.75) is 51.5 Å². The Morgan fingerprint density at radius 1 is 1.28 bits per heavy atom. The third-order valence-electron chi connectivity index (χ3n) is 3.82. The molecule has 2 rings (SSSR count). The molecule has 0 aliphatic heterocycles. The van der Waals surface area contributed by atoms with Crippen molar-refractivity contribution < 1.29 is 4.79 Å². The molecule has 1 fully saturated rings. The summed E-state index contributed by atoms with van der Waals surface area (Å²) in [6, 6.07) is 10.7. The van der Waals surface area contributed by atoms with Crippen molar-refractivity contribution in [3.63, 3.8) is 0 Å². The highest BCUT2D eigenvalue weighted by molar-refractivity contribution is 5.79. The quantitative estimate of drug-likeness (QED) is 0.847. The Balaban J connectivity index is 1.71. The molecule has 2 heteroatoms. The third-order valence-corrected chi connectivity index (χ3v) is 3.82. The van der Waals surface area contributed by atoms with Gasteiger partial charge in [0.1, 0.15) is 0 Å². The number of rotatable bonds is 5. The van der Waals surface area contributed by atoms with Gasteiger partial charge in [-0.15, -0.1) is 0 Å². The first-order valence-electron chi connectivity index (χ1n) is 7.10. The number of amides is 1. The molecule has 18 heavy (non-hydrogen) atoms. The number of carbonyl (C=O) groups is 1. The molecule has 0 heterocycles. The van der Waals surface area contributed by atoms with Gasteiger partial charge in [-0.05, 0) is 38.2 Å².